The lowest BCUT2D eigenvalue weighted by Crippen LogP contribution is -2.28. The molecule has 0 spiro atoms. The first-order valence-corrected chi connectivity index (χ1v) is 8.96. The zero-order valence-corrected chi connectivity index (χ0v) is 14.8. The van der Waals surface area contributed by atoms with E-state index in [0.717, 1.165) is 5.69 Å². The maximum absolute atomic E-state index is 12.2. The molecule has 0 saturated heterocycles. The van der Waals surface area contributed by atoms with Gasteiger partial charge in [-0.25, -0.2) is 9.67 Å². The average Bonchev–Trinajstić information content (AvgIpc) is 3.03. The highest BCUT2D eigenvalue weighted by molar-refractivity contribution is 7.99. The van der Waals surface area contributed by atoms with Crippen molar-refractivity contribution in [2.75, 3.05) is 12.3 Å². The lowest BCUT2D eigenvalue weighted by atomic mass is 10.2. The first-order chi connectivity index (χ1) is 12.0. The van der Waals surface area contributed by atoms with Crippen LogP contribution in [0.15, 0.2) is 46.5 Å². The van der Waals surface area contributed by atoms with Crippen LogP contribution in [-0.4, -0.2) is 38.0 Å². The normalized spacial score (nSPS) is 11.2. The number of nitrogens with one attached hydrogen (secondary N) is 2. The van der Waals surface area contributed by atoms with Gasteiger partial charge in [-0.2, -0.15) is 5.10 Å². The van der Waals surface area contributed by atoms with E-state index in [-0.39, 0.29) is 17.2 Å². The minimum absolute atomic E-state index is 0.0852. The van der Waals surface area contributed by atoms with Crippen molar-refractivity contribution in [2.45, 2.75) is 19.0 Å². The molecule has 2 heterocycles. The Morgan fingerprint density at radius 3 is 2.80 bits per heavy atom. The van der Waals surface area contributed by atoms with Crippen LogP contribution in [0.2, 0.25) is 0 Å². The van der Waals surface area contributed by atoms with E-state index < -0.39 is 0 Å². The fraction of sp³-hybridized carbons (Fsp3) is 0.294. The van der Waals surface area contributed by atoms with Gasteiger partial charge >= 0.3 is 0 Å². The topological polar surface area (TPSA) is 92.7 Å². The zero-order valence-electron chi connectivity index (χ0n) is 14.0. The number of fused-ring (bicyclic) bond motifs is 1. The number of benzene rings is 1. The number of amides is 1. The Bertz CT molecular complexity index is 933. The fourth-order valence-corrected chi connectivity index (χ4v) is 2.91. The Labute approximate surface area is 148 Å². The Morgan fingerprint density at radius 2 is 2.08 bits per heavy atom. The fourth-order valence-electron chi connectivity index (χ4n) is 2.23. The first-order valence-electron chi connectivity index (χ1n) is 7.97. The van der Waals surface area contributed by atoms with Gasteiger partial charge in [-0.1, -0.05) is 43.8 Å². The quantitative estimate of drug-likeness (QED) is 0.520. The van der Waals surface area contributed by atoms with Gasteiger partial charge in [0.05, 0.1) is 17.6 Å². The van der Waals surface area contributed by atoms with Gasteiger partial charge in [-0.15, -0.1) is 0 Å². The van der Waals surface area contributed by atoms with E-state index in [2.05, 4.69) is 20.4 Å². The highest BCUT2D eigenvalue weighted by Crippen LogP contribution is 2.17. The summed E-state index contributed by atoms with van der Waals surface area (Å²) in [5, 5.41) is 7.91. The molecular formula is C17H19N5O2S. The van der Waals surface area contributed by atoms with E-state index in [4.69, 9.17) is 0 Å². The highest BCUT2D eigenvalue weighted by atomic mass is 32.2. The number of nitrogens with zero attached hydrogens (tertiary/aromatic N) is 3. The molecule has 1 amide bonds. The zero-order chi connectivity index (χ0) is 17.8. The molecule has 0 radical (unpaired) electrons. The monoisotopic (exact) mass is 357 g/mol. The van der Waals surface area contributed by atoms with Crippen molar-refractivity contribution < 1.29 is 4.79 Å². The van der Waals surface area contributed by atoms with Crippen molar-refractivity contribution in [3.05, 3.63) is 46.9 Å². The Hall–Kier alpha value is -2.61. The maximum Gasteiger partial charge on any atom is 0.262 e. The van der Waals surface area contributed by atoms with Crippen LogP contribution in [-0.2, 0) is 4.79 Å². The second-order valence-electron chi connectivity index (χ2n) is 5.99. The van der Waals surface area contributed by atoms with Crippen molar-refractivity contribution in [3.8, 4) is 5.69 Å². The predicted molar refractivity (Wildman–Crippen MR) is 98.1 cm³/mol. The second-order valence-corrected chi connectivity index (χ2v) is 6.95. The first kappa shape index (κ1) is 17.2. The van der Waals surface area contributed by atoms with Crippen LogP contribution in [0.5, 0.6) is 0 Å². The smallest absolute Gasteiger partial charge is 0.262 e. The van der Waals surface area contributed by atoms with Crippen LogP contribution in [0, 0.1) is 5.92 Å². The van der Waals surface area contributed by atoms with E-state index in [1.807, 2.05) is 44.2 Å². The standard InChI is InChI=1S/C17H19N5O2S/c1-11(2)8-18-14(23)10-25-17-20-15-13(16(24)21-17)9-19-22(15)12-6-4-3-5-7-12/h3-7,9,11H,8,10H2,1-2H3,(H,18,23)(H,20,21,24). The molecule has 8 heteroatoms. The van der Waals surface area contributed by atoms with E-state index in [1.165, 1.54) is 18.0 Å². The van der Waals surface area contributed by atoms with Crippen LogP contribution in [0.25, 0.3) is 16.7 Å². The number of rotatable bonds is 6. The molecule has 0 atom stereocenters. The van der Waals surface area contributed by atoms with Crippen LogP contribution >= 0.6 is 11.8 Å². The van der Waals surface area contributed by atoms with Gasteiger partial charge in [0, 0.05) is 6.54 Å². The molecule has 0 unspecified atom stereocenters. The molecule has 3 rings (SSSR count). The second kappa shape index (κ2) is 7.52. The molecule has 130 valence electrons. The third kappa shape index (κ3) is 4.08. The van der Waals surface area contributed by atoms with Gasteiger partial charge in [0.25, 0.3) is 5.56 Å². The lowest BCUT2D eigenvalue weighted by Gasteiger charge is -2.07. The number of H-pyrrole nitrogens is 1. The van der Waals surface area contributed by atoms with Gasteiger partial charge in [0.1, 0.15) is 5.39 Å². The number of hydrogen-bond donors (Lipinski definition) is 2. The summed E-state index contributed by atoms with van der Waals surface area (Å²) in [5.74, 6) is 0.502. The van der Waals surface area contributed by atoms with Crippen molar-refractivity contribution >= 4 is 28.7 Å². The van der Waals surface area contributed by atoms with Crippen LogP contribution < -0.4 is 10.9 Å². The Balaban J connectivity index is 1.83. The summed E-state index contributed by atoms with van der Waals surface area (Å²) in [5.41, 5.74) is 1.03. The maximum atomic E-state index is 12.2. The van der Waals surface area contributed by atoms with Crippen molar-refractivity contribution in [2.24, 2.45) is 5.92 Å². The lowest BCUT2D eigenvalue weighted by molar-refractivity contribution is -0.118. The van der Waals surface area contributed by atoms with Crippen molar-refractivity contribution in [3.63, 3.8) is 0 Å². The SMILES string of the molecule is CC(C)CNC(=O)CSc1nc2c(cnn2-c2ccccc2)c(=O)[nH]1. The summed E-state index contributed by atoms with van der Waals surface area (Å²) in [4.78, 5) is 31.2. The van der Waals surface area contributed by atoms with Gasteiger partial charge < -0.3 is 10.3 Å². The number of carbonyl (C=O) groups excluding carboxylic acids is 1. The van der Waals surface area contributed by atoms with E-state index >= 15 is 0 Å². The van der Waals surface area contributed by atoms with Crippen LogP contribution in [0.3, 0.4) is 0 Å². The summed E-state index contributed by atoms with van der Waals surface area (Å²) in [6.07, 6.45) is 1.50. The largest absolute Gasteiger partial charge is 0.355 e. The molecule has 25 heavy (non-hydrogen) atoms. The third-order valence-electron chi connectivity index (χ3n) is 3.46. The Morgan fingerprint density at radius 1 is 1.32 bits per heavy atom. The molecule has 0 fully saturated rings. The molecule has 0 saturated carbocycles. The molecule has 0 bridgehead atoms. The number of thioether (sulfide) groups is 1. The van der Waals surface area contributed by atoms with Gasteiger partial charge in [0.15, 0.2) is 10.8 Å². The minimum Gasteiger partial charge on any atom is -0.355 e. The average molecular weight is 357 g/mol. The van der Waals surface area contributed by atoms with E-state index in [0.29, 0.717) is 28.7 Å². The van der Waals surface area contributed by atoms with Crippen molar-refractivity contribution in [1.82, 2.24) is 25.1 Å². The van der Waals surface area contributed by atoms with Gasteiger partial charge in [0.2, 0.25) is 5.91 Å². The Kier molecular flexibility index (Phi) is 5.18. The van der Waals surface area contributed by atoms with Crippen molar-refractivity contribution in [1.29, 1.82) is 0 Å². The molecular weight excluding hydrogens is 338 g/mol. The molecule has 0 aliphatic carbocycles. The number of para-hydroxylation sites is 1. The van der Waals surface area contributed by atoms with Crippen LogP contribution in [0.1, 0.15) is 13.8 Å². The summed E-state index contributed by atoms with van der Waals surface area (Å²) in [6.45, 7) is 4.69. The van der Waals surface area contributed by atoms with E-state index in [1.54, 1.807) is 4.68 Å². The minimum atomic E-state index is -0.266. The number of carbonyl (C=O) groups is 1. The molecule has 0 aliphatic heterocycles. The number of aromatic nitrogens is 4. The molecule has 0 aliphatic rings. The third-order valence-corrected chi connectivity index (χ3v) is 4.34. The number of hydrogen-bond acceptors (Lipinski definition) is 5. The summed E-state index contributed by atoms with van der Waals surface area (Å²) in [6, 6.07) is 9.48. The molecule has 2 aromatic heterocycles. The van der Waals surface area contributed by atoms with E-state index in [9.17, 15) is 9.59 Å². The number of aromatic amines is 1. The molecule has 2 N–H and O–H groups in total. The summed E-state index contributed by atoms with van der Waals surface area (Å²) in [7, 11) is 0. The summed E-state index contributed by atoms with van der Waals surface area (Å²) >= 11 is 1.20. The molecule has 1 aromatic carbocycles. The highest BCUT2D eigenvalue weighted by Gasteiger charge is 2.12. The van der Waals surface area contributed by atoms with Gasteiger partial charge in [-0.3, -0.25) is 9.59 Å². The molecule has 3 aromatic rings. The van der Waals surface area contributed by atoms with Crippen LogP contribution in [0.4, 0.5) is 0 Å². The van der Waals surface area contributed by atoms with Gasteiger partial charge in [-0.05, 0) is 18.1 Å². The predicted octanol–water partition coefficient (Wildman–Crippen LogP) is 1.97. The molecule has 7 nitrogen and oxygen atoms in total. The summed E-state index contributed by atoms with van der Waals surface area (Å²) < 4.78 is 1.62.